The molecule has 0 spiro atoms. The van der Waals surface area contributed by atoms with Crippen LogP contribution in [0.25, 0.3) is 11.2 Å². The average Bonchev–Trinajstić information content (AvgIpc) is 3.44. The number of imidazole rings is 1. The molecular formula is C24H23N5O4. The maximum Gasteiger partial charge on any atom is 0.237 e. The van der Waals surface area contributed by atoms with E-state index in [4.69, 9.17) is 4.74 Å². The van der Waals surface area contributed by atoms with Crippen LogP contribution in [-0.2, 0) is 9.53 Å². The van der Waals surface area contributed by atoms with Gasteiger partial charge >= 0.3 is 0 Å². The van der Waals surface area contributed by atoms with Gasteiger partial charge in [-0.3, -0.25) is 9.36 Å². The lowest BCUT2D eigenvalue weighted by molar-refractivity contribution is -0.116. The number of aromatic nitrogens is 4. The SMILES string of the molecule is O=C(Nc1ncnc2c1ncn2C1CC(O)C(CO)O1)C(c1ccccc1)c1ccccc1. The number of benzene rings is 2. The molecule has 1 aliphatic rings. The van der Waals surface area contributed by atoms with Crippen LogP contribution in [0.15, 0.2) is 73.3 Å². The zero-order chi connectivity index (χ0) is 22.8. The highest BCUT2D eigenvalue weighted by atomic mass is 16.5. The fraction of sp³-hybridized carbons (Fsp3) is 0.250. The second-order valence-corrected chi connectivity index (χ2v) is 7.90. The van der Waals surface area contributed by atoms with Gasteiger partial charge in [-0.2, -0.15) is 0 Å². The number of hydrogen-bond donors (Lipinski definition) is 3. The van der Waals surface area contributed by atoms with Crippen molar-refractivity contribution in [1.29, 1.82) is 0 Å². The van der Waals surface area contributed by atoms with Crippen molar-refractivity contribution < 1.29 is 19.7 Å². The lowest BCUT2D eigenvalue weighted by atomic mass is 9.90. The van der Waals surface area contributed by atoms with E-state index in [2.05, 4.69) is 20.3 Å². The molecule has 1 aliphatic heterocycles. The van der Waals surface area contributed by atoms with E-state index in [0.29, 0.717) is 17.6 Å². The van der Waals surface area contributed by atoms with Crippen LogP contribution < -0.4 is 5.32 Å². The molecule has 1 saturated heterocycles. The smallest absolute Gasteiger partial charge is 0.237 e. The molecule has 9 nitrogen and oxygen atoms in total. The van der Waals surface area contributed by atoms with Gasteiger partial charge < -0.3 is 20.3 Å². The number of rotatable bonds is 6. The van der Waals surface area contributed by atoms with Crippen molar-refractivity contribution >= 4 is 22.9 Å². The molecule has 9 heteroatoms. The van der Waals surface area contributed by atoms with Gasteiger partial charge in [-0.15, -0.1) is 0 Å². The molecule has 0 bridgehead atoms. The molecule has 3 atom stereocenters. The molecule has 1 fully saturated rings. The minimum atomic E-state index is -0.782. The molecule has 0 radical (unpaired) electrons. The predicted octanol–water partition coefficient (Wildman–Crippen LogP) is 2.24. The largest absolute Gasteiger partial charge is 0.394 e. The Hall–Kier alpha value is -3.66. The Balaban J connectivity index is 1.46. The zero-order valence-electron chi connectivity index (χ0n) is 17.7. The zero-order valence-corrected chi connectivity index (χ0v) is 17.7. The van der Waals surface area contributed by atoms with Crippen molar-refractivity contribution in [2.45, 2.75) is 30.8 Å². The number of anilines is 1. The number of fused-ring (bicyclic) bond motifs is 1. The molecular weight excluding hydrogens is 422 g/mol. The van der Waals surface area contributed by atoms with E-state index >= 15 is 0 Å². The molecule has 3 N–H and O–H groups in total. The van der Waals surface area contributed by atoms with Gasteiger partial charge in [-0.25, -0.2) is 15.0 Å². The third-order valence-corrected chi connectivity index (χ3v) is 5.82. The summed E-state index contributed by atoms with van der Waals surface area (Å²) < 4.78 is 7.40. The highest BCUT2D eigenvalue weighted by molar-refractivity contribution is 6.01. The van der Waals surface area contributed by atoms with Crippen molar-refractivity contribution in [3.8, 4) is 0 Å². The third-order valence-electron chi connectivity index (χ3n) is 5.82. The average molecular weight is 445 g/mol. The standard InChI is InChI=1S/C24H23N5O4/c30-12-18-17(31)11-19(33-18)29-14-27-21-22(25-13-26-23(21)29)28-24(32)20(15-7-3-1-4-8-15)16-9-5-2-6-10-16/h1-10,13-14,17-20,30-31H,11-12H2,(H,25,26,28,32). The minimum Gasteiger partial charge on any atom is -0.394 e. The lowest BCUT2D eigenvalue weighted by Crippen LogP contribution is -2.24. The van der Waals surface area contributed by atoms with Crippen LogP contribution in [0.3, 0.4) is 0 Å². The van der Waals surface area contributed by atoms with Gasteiger partial charge in [-0.05, 0) is 11.1 Å². The van der Waals surface area contributed by atoms with Gasteiger partial charge in [0.1, 0.15) is 18.7 Å². The first-order valence-corrected chi connectivity index (χ1v) is 10.7. The Labute approximate surface area is 189 Å². The maximum atomic E-state index is 13.5. The predicted molar refractivity (Wildman–Crippen MR) is 120 cm³/mol. The number of carbonyl (C=O) groups excluding carboxylic acids is 1. The number of nitrogens with one attached hydrogen (secondary N) is 1. The van der Waals surface area contributed by atoms with Crippen molar-refractivity contribution in [3.63, 3.8) is 0 Å². The first kappa shape index (κ1) is 21.2. The quantitative estimate of drug-likeness (QED) is 0.416. The molecule has 168 valence electrons. The summed E-state index contributed by atoms with van der Waals surface area (Å²) in [5.74, 6) is -0.481. The van der Waals surface area contributed by atoms with E-state index in [0.717, 1.165) is 11.1 Å². The normalized spacial score (nSPS) is 20.4. The Morgan fingerprint density at radius 3 is 2.33 bits per heavy atom. The number of nitrogens with zero attached hydrogens (tertiary/aromatic N) is 4. The number of carbonyl (C=O) groups is 1. The summed E-state index contributed by atoms with van der Waals surface area (Å²) in [4.78, 5) is 26.4. The van der Waals surface area contributed by atoms with Crippen LogP contribution in [0.1, 0.15) is 29.7 Å². The fourth-order valence-corrected chi connectivity index (χ4v) is 4.18. The fourth-order valence-electron chi connectivity index (χ4n) is 4.18. The number of aliphatic hydroxyl groups is 2. The number of hydrogen-bond acceptors (Lipinski definition) is 7. The highest BCUT2D eigenvalue weighted by Gasteiger charge is 2.35. The summed E-state index contributed by atoms with van der Waals surface area (Å²) in [6.07, 6.45) is 1.22. The number of amides is 1. The Kier molecular flexibility index (Phi) is 5.82. The monoisotopic (exact) mass is 445 g/mol. The minimum absolute atomic E-state index is 0.241. The topological polar surface area (TPSA) is 122 Å². The van der Waals surface area contributed by atoms with E-state index in [9.17, 15) is 15.0 Å². The molecule has 5 rings (SSSR count). The summed E-state index contributed by atoms with van der Waals surface area (Å²) >= 11 is 0. The summed E-state index contributed by atoms with van der Waals surface area (Å²) in [5.41, 5.74) is 2.60. The van der Waals surface area contributed by atoms with Gasteiger partial charge in [0.25, 0.3) is 0 Å². The third kappa shape index (κ3) is 4.09. The van der Waals surface area contributed by atoms with Crippen molar-refractivity contribution in [1.82, 2.24) is 19.5 Å². The number of ether oxygens (including phenoxy) is 1. The van der Waals surface area contributed by atoms with Crippen LogP contribution in [0.2, 0.25) is 0 Å². The molecule has 1 amide bonds. The Morgan fingerprint density at radius 1 is 1.06 bits per heavy atom. The van der Waals surface area contributed by atoms with E-state index in [-0.39, 0.29) is 18.3 Å². The molecule has 2 aromatic heterocycles. The lowest BCUT2D eigenvalue weighted by Gasteiger charge is -2.18. The molecule has 2 aromatic carbocycles. The first-order chi connectivity index (χ1) is 16.2. The number of aliphatic hydroxyl groups excluding tert-OH is 2. The molecule has 33 heavy (non-hydrogen) atoms. The van der Waals surface area contributed by atoms with Crippen LogP contribution in [0.5, 0.6) is 0 Å². The van der Waals surface area contributed by atoms with E-state index in [1.54, 1.807) is 4.57 Å². The van der Waals surface area contributed by atoms with Crippen LogP contribution in [0, 0.1) is 0 Å². The summed E-state index contributed by atoms with van der Waals surface area (Å²) in [7, 11) is 0. The molecule has 3 unspecified atom stereocenters. The van der Waals surface area contributed by atoms with Crippen LogP contribution in [-0.4, -0.2) is 54.5 Å². The van der Waals surface area contributed by atoms with E-state index in [1.165, 1.54) is 12.7 Å². The van der Waals surface area contributed by atoms with Crippen LogP contribution >= 0.6 is 0 Å². The highest BCUT2D eigenvalue weighted by Crippen LogP contribution is 2.32. The first-order valence-electron chi connectivity index (χ1n) is 10.7. The second-order valence-electron chi connectivity index (χ2n) is 7.90. The molecule has 4 aromatic rings. The Morgan fingerprint density at radius 2 is 1.73 bits per heavy atom. The summed E-state index contributed by atoms with van der Waals surface area (Å²) in [6.45, 7) is -0.277. The van der Waals surface area contributed by atoms with Gasteiger partial charge in [0, 0.05) is 6.42 Å². The van der Waals surface area contributed by atoms with Crippen molar-refractivity contribution in [2.75, 3.05) is 11.9 Å². The van der Waals surface area contributed by atoms with Crippen LogP contribution in [0.4, 0.5) is 5.82 Å². The molecule has 0 saturated carbocycles. The molecule has 3 heterocycles. The van der Waals surface area contributed by atoms with Gasteiger partial charge in [-0.1, -0.05) is 60.7 Å². The van der Waals surface area contributed by atoms with Crippen molar-refractivity contribution in [3.05, 3.63) is 84.4 Å². The second kappa shape index (κ2) is 9.07. The Bertz CT molecular complexity index is 1210. The van der Waals surface area contributed by atoms with Gasteiger partial charge in [0.05, 0.1) is 25.0 Å². The van der Waals surface area contributed by atoms with E-state index in [1.807, 2.05) is 60.7 Å². The van der Waals surface area contributed by atoms with Gasteiger partial charge in [0.15, 0.2) is 17.0 Å². The summed E-state index contributed by atoms with van der Waals surface area (Å²) in [6, 6.07) is 19.1. The van der Waals surface area contributed by atoms with E-state index < -0.39 is 24.4 Å². The van der Waals surface area contributed by atoms with Gasteiger partial charge in [0.2, 0.25) is 5.91 Å². The van der Waals surface area contributed by atoms with Crippen molar-refractivity contribution in [2.24, 2.45) is 0 Å². The molecule has 0 aliphatic carbocycles. The maximum absolute atomic E-state index is 13.5. The summed E-state index contributed by atoms with van der Waals surface area (Å²) in [5, 5.41) is 22.4.